The molecule has 2 rings (SSSR count). The Morgan fingerprint density at radius 3 is 1.24 bits per heavy atom. The van der Waals surface area contributed by atoms with E-state index in [2.05, 4.69) is 114 Å². The Hall–Kier alpha value is 0.840. The van der Waals surface area contributed by atoms with E-state index >= 15 is 0 Å². The minimum absolute atomic E-state index is 0.144. The molecule has 10 heteroatoms. The summed E-state index contributed by atoms with van der Waals surface area (Å²) in [6.07, 6.45) is 0. The maximum atomic E-state index is 5.97. The summed E-state index contributed by atoms with van der Waals surface area (Å²) in [4.78, 5) is 0. The molecule has 2 aromatic rings. The van der Waals surface area contributed by atoms with Crippen molar-refractivity contribution in [2.24, 2.45) is 0 Å². The van der Waals surface area contributed by atoms with Crippen molar-refractivity contribution in [3.8, 4) is 11.5 Å². The van der Waals surface area contributed by atoms with Crippen molar-refractivity contribution in [1.82, 2.24) is 0 Å². The molecule has 0 heterocycles. The van der Waals surface area contributed by atoms with Crippen LogP contribution in [0.2, 0.25) is 0 Å². The first kappa shape index (κ1) is 34.0. The van der Waals surface area contributed by atoms with Crippen LogP contribution in [0, 0.1) is 0 Å². The molecule has 0 saturated heterocycles. The average molecular weight is 653 g/mol. The summed E-state index contributed by atoms with van der Waals surface area (Å²) in [6, 6.07) is 16.8. The minimum Gasteiger partial charge on any atom is -0.492 e. The van der Waals surface area contributed by atoms with Gasteiger partial charge in [-0.1, -0.05) is 38.1 Å². The molecule has 0 N–H and O–H groups in total. The number of rotatable bonds is 18. The molecule has 2 aromatic carbocycles. The van der Waals surface area contributed by atoms with Crippen molar-refractivity contribution < 1.29 is 9.47 Å². The first-order valence-corrected chi connectivity index (χ1v) is 17.9. The van der Waals surface area contributed by atoms with Gasteiger partial charge < -0.3 is 9.47 Å². The van der Waals surface area contributed by atoms with Crippen LogP contribution >= 0.6 is 99.3 Å². The smallest absolute Gasteiger partial charge is 0.119 e. The van der Waals surface area contributed by atoms with Crippen molar-refractivity contribution in [2.45, 2.75) is 40.3 Å². The number of ether oxygens (including phenoxy) is 2. The molecular formula is C27H40O2S8. The number of benzene rings is 2. The molecule has 0 aromatic heterocycles. The number of thiol groups is 6. The van der Waals surface area contributed by atoms with Crippen LogP contribution in [0.25, 0.3) is 0 Å². The van der Waals surface area contributed by atoms with Crippen molar-refractivity contribution in [3.63, 3.8) is 0 Å². The van der Waals surface area contributed by atoms with E-state index in [0.29, 0.717) is 23.7 Å². The molecule has 37 heavy (non-hydrogen) atoms. The highest BCUT2D eigenvalue weighted by Gasteiger charge is 2.23. The SMILES string of the molecule is CC(C)(c1ccc(OCC(S)CSCC(S)CS)cc1)c1ccc(OCC(S)CSCC(S)CS)cc1. The Balaban J connectivity index is 1.82. The molecule has 4 atom stereocenters. The van der Waals surface area contributed by atoms with Crippen LogP contribution in [0.3, 0.4) is 0 Å². The fourth-order valence-electron chi connectivity index (χ4n) is 3.37. The van der Waals surface area contributed by atoms with E-state index < -0.39 is 0 Å². The van der Waals surface area contributed by atoms with E-state index in [1.54, 1.807) is 0 Å². The van der Waals surface area contributed by atoms with Crippen LogP contribution in [0.1, 0.15) is 25.0 Å². The van der Waals surface area contributed by atoms with Gasteiger partial charge in [-0.25, -0.2) is 0 Å². The van der Waals surface area contributed by atoms with Crippen molar-refractivity contribution in [3.05, 3.63) is 59.7 Å². The zero-order chi connectivity index (χ0) is 27.3. The molecule has 0 aliphatic carbocycles. The van der Waals surface area contributed by atoms with Gasteiger partial charge in [0.25, 0.3) is 0 Å². The topological polar surface area (TPSA) is 18.5 Å². The van der Waals surface area contributed by atoms with E-state index in [4.69, 9.17) is 9.47 Å². The second-order valence-electron chi connectivity index (χ2n) is 9.35. The maximum absolute atomic E-state index is 5.97. The summed E-state index contributed by atoms with van der Waals surface area (Å²) >= 11 is 30.5. The first-order valence-electron chi connectivity index (χ1n) is 12.2. The summed E-state index contributed by atoms with van der Waals surface area (Å²) in [7, 11) is 0. The molecule has 0 spiro atoms. The molecule has 0 amide bonds. The van der Waals surface area contributed by atoms with Gasteiger partial charge in [-0.3, -0.25) is 0 Å². The number of hydrogen-bond acceptors (Lipinski definition) is 10. The normalized spacial score (nSPS) is 15.1. The van der Waals surface area contributed by atoms with E-state index in [-0.39, 0.29) is 15.9 Å². The summed E-state index contributed by atoms with van der Waals surface area (Å²) in [5.74, 6) is 7.12. The summed E-state index contributed by atoms with van der Waals surface area (Å²) in [5.41, 5.74) is 2.32. The molecule has 4 unspecified atom stereocenters. The Labute approximate surface area is 265 Å². The second kappa shape index (κ2) is 18.3. The van der Waals surface area contributed by atoms with Crippen LogP contribution in [0.4, 0.5) is 0 Å². The monoisotopic (exact) mass is 652 g/mol. The lowest BCUT2D eigenvalue weighted by atomic mass is 9.78. The number of hydrogen-bond donors (Lipinski definition) is 6. The van der Waals surface area contributed by atoms with Gasteiger partial charge in [0.2, 0.25) is 0 Å². The fraction of sp³-hybridized carbons (Fsp3) is 0.556. The third-order valence-electron chi connectivity index (χ3n) is 5.70. The number of thioether (sulfide) groups is 2. The predicted octanol–water partition coefficient (Wildman–Crippen LogP) is 7.29. The molecular weight excluding hydrogens is 613 g/mol. The highest BCUT2D eigenvalue weighted by molar-refractivity contribution is 8.01. The molecule has 2 nitrogen and oxygen atoms in total. The van der Waals surface area contributed by atoms with Crippen LogP contribution in [-0.4, -0.2) is 68.7 Å². The van der Waals surface area contributed by atoms with Gasteiger partial charge in [-0.05, 0) is 35.4 Å². The Morgan fingerprint density at radius 1 is 0.595 bits per heavy atom. The molecule has 0 radical (unpaired) electrons. The van der Waals surface area contributed by atoms with Gasteiger partial charge in [0, 0.05) is 60.9 Å². The van der Waals surface area contributed by atoms with Gasteiger partial charge in [0.15, 0.2) is 0 Å². The van der Waals surface area contributed by atoms with Gasteiger partial charge >= 0.3 is 0 Å². The average Bonchev–Trinajstić information content (AvgIpc) is 2.90. The lowest BCUT2D eigenvalue weighted by Crippen LogP contribution is -2.19. The van der Waals surface area contributed by atoms with Crippen LogP contribution in [0.15, 0.2) is 48.5 Å². The predicted molar refractivity (Wildman–Crippen MR) is 189 cm³/mol. The second-order valence-corrected chi connectivity index (χ2v) is 15.2. The Bertz CT molecular complexity index is 807. The minimum atomic E-state index is -0.144. The van der Waals surface area contributed by atoms with Gasteiger partial charge in [-0.2, -0.15) is 99.3 Å². The Kier molecular flexibility index (Phi) is 16.8. The van der Waals surface area contributed by atoms with Crippen LogP contribution < -0.4 is 9.47 Å². The van der Waals surface area contributed by atoms with Gasteiger partial charge in [-0.15, -0.1) is 0 Å². The largest absolute Gasteiger partial charge is 0.492 e. The van der Waals surface area contributed by atoms with Crippen molar-refractivity contribution >= 4 is 99.3 Å². The van der Waals surface area contributed by atoms with E-state index in [0.717, 1.165) is 46.0 Å². The molecule has 0 fully saturated rings. The molecule has 0 bridgehead atoms. The van der Waals surface area contributed by atoms with Gasteiger partial charge in [0.1, 0.15) is 24.7 Å². The quantitative estimate of drug-likeness (QED) is 0.0951. The standard InChI is InChI=1S/C27H40O2S8/c1-27(2,19-3-7-21(8-4-19)28-11-23(32)15-36-17-25(34)13-30)20-5-9-22(10-6-20)29-12-24(33)16-37-18-26(35)14-31/h3-10,23-26,30-35H,11-18H2,1-2H3. The molecule has 0 saturated carbocycles. The fourth-order valence-corrected chi connectivity index (χ4v) is 7.18. The lowest BCUT2D eigenvalue weighted by Gasteiger charge is -2.26. The zero-order valence-electron chi connectivity index (χ0n) is 21.4. The zero-order valence-corrected chi connectivity index (χ0v) is 28.4. The van der Waals surface area contributed by atoms with Gasteiger partial charge in [0.05, 0.1) is 0 Å². The summed E-state index contributed by atoms with van der Waals surface area (Å²) in [5, 5.41) is 0.993. The van der Waals surface area contributed by atoms with Crippen LogP contribution in [0.5, 0.6) is 11.5 Å². The third kappa shape index (κ3) is 12.9. The maximum Gasteiger partial charge on any atom is 0.119 e. The van der Waals surface area contributed by atoms with Crippen molar-refractivity contribution in [2.75, 3.05) is 47.7 Å². The van der Waals surface area contributed by atoms with E-state index in [9.17, 15) is 0 Å². The lowest BCUT2D eigenvalue weighted by molar-refractivity contribution is 0.323. The molecule has 0 aliphatic heterocycles. The summed E-state index contributed by atoms with van der Waals surface area (Å²) in [6.45, 7) is 5.63. The molecule has 0 aliphatic rings. The highest BCUT2D eigenvalue weighted by Crippen LogP contribution is 2.33. The first-order chi connectivity index (χ1) is 17.6. The van der Waals surface area contributed by atoms with Crippen molar-refractivity contribution in [1.29, 1.82) is 0 Å². The third-order valence-corrected chi connectivity index (χ3v) is 12.1. The van der Waals surface area contributed by atoms with E-state index in [1.807, 2.05) is 47.8 Å². The highest BCUT2D eigenvalue weighted by atomic mass is 32.2. The summed E-state index contributed by atoms with van der Waals surface area (Å²) < 4.78 is 11.9. The Morgan fingerprint density at radius 2 is 0.919 bits per heavy atom. The van der Waals surface area contributed by atoms with E-state index in [1.165, 1.54) is 11.1 Å². The van der Waals surface area contributed by atoms with Crippen LogP contribution in [-0.2, 0) is 5.41 Å². The molecule has 208 valence electrons.